The molecule has 1 unspecified atom stereocenters. The Morgan fingerprint density at radius 2 is 2.16 bits per heavy atom. The second-order valence-electron chi connectivity index (χ2n) is 6.23. The topological polar surface area (TPSA) is 68.6 Å². The minimum atomic E-state index is -0.0445. The molecule has 2 aromatic rings. The van der Waals surface area contributed by atoms with Crippen LogP contribution in [0.25, 0.3) is 0 Å². The fourth-order valence-electron chi connectivity index (χ4n) is 3.33. The Morgan fingerprint density at radius 1 is 1.32 bits per heavy atom. The van der Waals surface area contributed by atoms with Crippen LogP contribution in [0.3, 0.4) is 0 Å². The highest BCUT2D eigenvalue weighted by molar-refractivity contribution is 5.91. The number of anilines is 1. The van der Waals surface area contributed by atoms with Crippen LogP contribution in [0.4, 0.5) is 5.82 Å². The van der Waals surface area contributed by atoms with Gasteiger partial charge in [0.25, 0.3) is 0 Å². The normalized spacial score (nSPS) is 17.5. The van der Waals surface area contributed by atoms with Gasteiger partial charge in [0.05, 0.1) is 20.8 Å². The standard InChI is InChI=1S/C18H24N4O3/c1-21-9-8-16(20-21)19-17(23)12-22-10-7-13(11-22)14-5-4-6-15(24-2)18(14)25-3/h4-6,8-9,13H,7,10-12H2,1-3H3,(H,19,20,23). The average molecular weight is 344 g/mol. The van der Waals surface area contributed by atoms with Crippen molar-refractivity contribution in [1.82, 2.24) is 14.7 Å². The number of nitrogens with one attached hydrogen (secondary N) is 1. The summed E-state index contributed by atoms with van der Waals surface area (Å²) < 4.78 is 12.6. The number of hydrogen-bond acceptors (Lipinski definition) is 5. The molecule has 7 heteroatoms. The van der Waals surface area contributed by atoms with Gasteiger partial charge in [-0.3, -0.25) is 14.4 Å². The summed E-state index contributed by atoms with van der Waals surface area (Å²) >= 11 is 0. The number of nitrogens with zero attached hydrogens (tertiary/aromatic N) is 3. The van der Waals surface area contributed by atoms with Gasteiger partial charge in [0.2, 0.25) is 5.91 Å². The number of carbonyl (C=O) groups excluding carboxylic acids is 1. The number of amides is 1. The molecule has 0 saturated carbocycles. The molecule has 1 aromatic carbocycles. The van der Waals surface area contributed by atoms with Crippen molar-refractivity contribution in [2.24, 2.45) is 7.05 Å². The van der Waals surface area contributed by atoms with Crippen LogP contribution in [0.15, 0.2) is 30.5 Å². The molecule has 1 N–H and O–H groups in total. The van der Waals surface area contributed by atoms with Crippen LogP contribution >= 0.6 is 0 Å². The molecule has 1 atom stereocenters. The minimum absolute atomic E-state index is 0.0445. The lowest BCUT2D eigenvalue weighted by Crippen LogP contribution is -2.31. The van der Waals surface area contributed by atoms with E-state index in [0.29, 0.717) is 18.3 Å². The van der Waals surface area contributed by atoms with E-state index in [2.05, 4.69) is 21.4 Å². The number of carbonyl (C=O) groups is 1. The van der Waals surface area contributed by atoms with E-state index < -0.39 is 0 Å². The number of likely N-dealkylation sites (tertiary alicyclic amines) is 1. The first-order chi connectivity index (χ1) is 12.1. The van der Waals surface area contributed by atoms with Crippen LogP contribution in [-0.4, -0.2) is 54.4 Å². The number of rotatable bonds is 6. The SMILES string of the molecule is COc1cccc(C2CCN(CC(=O)Nc3ccn(C)n3)C2)c1OC. The molecule has 0 aliphatic carbocycles. The number of aryl methyl sites for hydroxylation is 1. The molecular formula is C18H24N4O3. The first kappa shape index (κ1) is 17.3. The monoisotopic (exact) mass is 344 g/mol. The van der Waals surface area contributed by atoms with Crippen molar-refractivity contribution in [2.45, 2.75) is 12.3 Å². The fraction of sp³-hybridized carbons (Fsp3) is 0.444. The first-order valence-corrected chi connectivity index (χ1v) is 8.33. The first-order valence-electron chi connectivity index (χ1n) is 8.33. The van der Waals surface area contributed by atoms with Crippen LogP contribution in [0.2, 0.25) is 0 Å². The molecule has 1 fully saturated rings. The molecule has 0 radical (unpaired) electrons. The molecule has 3 rings (SSSR count). The van der Waals surface area contributed by atoms with Crippen LogP contribution in [0.1, 0.15) is 17.9 Å². The van der Waals surface area contributed by atoms with Gasteiger partial charge in [-0.15, -0.1) is 0 Å². The molecule has 1 aliphatic rings. The van der Waals surface area contributed by atoms with E-state index in [1.165, 1.54) is 0 Å². The lowest BCUT2D eigenvalue weighted by atomic mass is 9.97. The largest absolute Gasteiger partial charge is 0.493 e. The van der Waals surface area contributed by atoms with Gasteiger partial charge in [0.15, 0.2) is 17.3 Å². The molecule has 1 saturated heterocycles. The van der Waals surface area contributed by atoms with E-state index in [4.69, 9.17) is 9.47 Å². The van der Waals surface area contributed by atoms with Crippen LogP contribution in [0, 0.1) is 0 Å². The Labute approximate surface area is 147 Å². The maximum absolute atomic E-state index is 12.2. The molecule has 0 spiro atoms. The van der Waals surface area contributed by atoms with Crippen LogP contribution in [-0.2, 0) is 11.8 Å². The van der Waals surface area contributed by atoms with E-state index >= 15 is 0 Å². The summed E-state index contributed by atoms with van der Waals surface area (Å²) in [6, 6.07) is 7.73. The Hall–Kier alpha value is -2.54. The van der Waals surface area contributed by atoms with Gasteiger partial charge in [0, 0.05) is 37.3 Å². The van der Waals surface area contributed by atoms with E-state index in [0.717, 1.165) is 36.6 Å². The Balaban J connectivity index is 1.61. The zero-order chi connectivity index (χ0) is 17.8. The van der Waals surface area contributed by atoms with Crippen molar-refractivity contribution < 1.29 is 14.3 Å². The zero-order valence-electron chi connectivity index (χ0n) is 14.9. The van der Waals surface area contributed by atoms with Crippen LogP contribution in [0.5, 0.6) is 11.5 Å². The number of benzene rings is 1. The van der Waals surface area contributed by atoms with Crippen molar-refractivity contribution in [1.29, 1.82) is 0 Å². The Morgan fingerprint density at radius 3 is 2.84 bits per heavy atom. The average Bonchev–Trinajstić information content (AvgIpc) is 3.23. The second kappa shape index (κ2) is 7.57. The Kier molecular flexibility index (Phi) is 5.23. The fourth-order valence-corrected chi connectivity index (χ4v) is 3.33. The molecule has 1 aliphatic heterocycles. The number of methoxy groups -OCH3 is 2. The smallest absolute Gasteiger partial charge is 0.239 e. The lowest BCUT2D eigenvalue weighted by molar-refractivity contribution is -0.117. The summed E-state index contributed by atoms with van der Waals surface area (Å²) in [5.74, 6) is 2.39. The van der Waals surface area contributed by atoms with Crippen molar-refractivity contribution in [3.63, 3.8) is 0 Å². The van der Waals surface area contributed by atoms with Gasteiger partial charge in [-0.25, -0.2) is 0 Å². The highest BCUT2D eigenvalue weighted by Crippen LogP contribution is 2.39. The van der Waals surface area contributed by atoms with E-state index in [-0.39, 0.29) is 5.91 Å². The zero-order valence-corrected chi connectivity index (χ0v) is 14.9. The minimum Gasteiger partial charge on any atom is -0.493 e. The lowest BCUT2D eigenvalue weighted by Gasteiger charge is -2.18. The molecular weight excluding hydrogens is 320 g/mol. The molecule has 25 heavy (non-hydrogen) atoms. The summed E-state index contributed by atoms with van der Waals surface area (Å²) in [7, 11) is 5.13. The van der Waals surface area contributed by atoms with Gasteiger partial charge in [-0.1, -0.05) is 12.1 Å². The van der Waals surface area contributed by atoms with Gasteiger partial charge in [-0.05, 0) is 19.0 Å². The molecule has 1 amide bonds. The van der Waals surface area contributed by atoms with Crippen molar-refractivity contribution in [2.75, 3.05) is 39.2 Å². The number of aromatic nitrogens is 2. The third-order valence-corrected chi connectivity index (χ3v) is 4.49. The van der Waals surface area contributed by atoms with Crippen LogP contribution < -0.4 is 14.8 Å². The highest BCUT2D eigenvalue weighted by Gasteiger charge is 2.28. The number of ether oxygens (including phenoxy) is 2. The number of hydrogen-bond donors (Lipinski definition) is 1. The predicted molar refractivity (Wildman–Crippen MR) is 95.2 cm³/mol. The highest BCUT2D eigenvalue weighted by atomic mass is 16.5. The molecule has 7 nitrogen and oxygen atoms in total. The van der Waals surface area contributed by atoms with E-state index in [1.807, 2.05) is 19.2 Å². The molecule has 134 valence electrons. The summed E-state index contributed by atoms with van der Waals surface area (Å²) in [6.45, 7) is 2.05. The van der Waals surface area contributed by atoms with Gasteiger partial charge in [0.1, 0.15) is 0 Å². The third kappa shape index (κ3) is 3.93. The second-order valence-corrected chi connectivity index (χ2v) is 6.23. The van der Waals surface area contributed by atoms with E-state index in [9.17, 15) is 4.79 Å². The van der Waals surface area contributed by atoms with Gasteiger partial charge < -0.3 is 14.8 Å². The maximum atomic E-state index is 12.2. The number of para-hydroxylation sites is 1. The summed E-state index contributed by atoms with van der Waals surface area (Å²) in [5, 5.41) is 6.99. The van der Waals surface area contributed by atoms with Crippen molar-refractivity contribution >= 4 is 11.7 Å². The van der Waals surface area contributed by atoms with Crippen molar-refractivity contribution in [3.05, 3.63) is 36.0 Å². The van der Waals surface area contributed by atoms with Gasteiger partial charge in [-0.2, -0.15) is 5.10 Å². The van der Waals surface area contributed by atoms with Gasteiger partial charge >= 0.3 is 0 Å². The third-order valence-electron chi connectivity index (χ3n) is 4.49. The molecule has 2 heterocycles. The quantitative estimate of drug-likeness (QED) is 0.866. The Bertz CT molecular complexity index is 744. The summed E-state index contributed by atoms with van der Waals surface area (Å²) in [6.07, 6.45) is 2.79. The summed E-state index contributed by atoms with van der Waals surface area (Å²) in [4.78, 5) is 14.4. The van der Waals surface area contributed by atoms with Crippen molar-refractivity contribution in [3.8, 4) is 11.5 Å². The predicted octanol–water partition coefficient (Wildman–Crippen LogP) is 1.87. The molecule has 0 bridgehead atoms. The molecule has 1 aromatic heterocycles. The van der Waals surface area contributed by atoms with E-state index in [1.54, 1.807) is 31.2 Å². The summed E-state index contributed by atoms with van der Waals surface area (Å²) in [5.41, 5.74) is 1.13. The maximum Gasteiger partial charge on any atom is 0.239 e.